The Labute approximate surface area is 141 Å². The van der Waals surface area contributed by atoms with E-state index in [9.17, 15) is 9.90 Å². The molecule has 2 heterocycles. The van der Waals surface area contributed by atoms with Crippen molar-refractivity contribution in [1.82, 2.24) is 10.6 Å². The average molecular weight is 329 g/mol. The zero-order valence-electron chi connectivity index (χ0n) is 14.0. The lowest BCUT2D eigenvalue weighted by Gasteiger charge is -2.42. The maximum Gasteiger partial charge on any atom is 0.237 e. The molecule has 24 heavy (non-hydrogen) atoms. The van der Waals surface area contributed by atoms with Crippen molar-refractivity contribution in [3.8, 4) is 11.8 Å². The molecule has 1 amide bonds. The molecule has 0 spiro atoms. The molecule has 1 aromatic rings. The Bertz CT molecular complexity index is 675. The second-order valence-corrected chi connectivity index (χ2v) is 7.00. The lowest BCUT2D eigenvalue weighted by molar-refractivity contribution is -0.128. The maximum absolute atomic E-state index is 12.6. The molecule has 2 aliphatic heterocycles. The Morgan fingerprint density at radius 1 is 1.46 bits per heavy atom. The molecule has 1 saturated heterocycles. The van der Waals surface area contributed by atoms with E-state index in [2.05, 4.69) is 16.7 Å². The van der Waals surface area contributed by atoms with Crippen LogP contribution >= 0.6 is 0 Å². The molecule has 0 aliphatic carbocycles. The van der Waals surface area contributed by atoms with Crippen molar-refractivity contribution in [1.29, 1.82) is 5.26 Å². The van der Waals surface area contributed by atoms with Crippen LogP contribution in [0.3, 0.4) is 0 Å². The molecule has 128 valence electrons. The molecule has 3 rings (SSSR count). The van der Waals surface area contributed by atoms with Crippen LogP contribution in [0.1, 0.15) is 50.3 Å². The molecular formula is C18H23N3O3. The van der Waals surface area contributed by atoms with Crippen molar-refractivity contribution < 1.29 is 14.6 Å². The Hall–Kier alpha value is -2.10. The van der Waals surface area contributed by atoms with Gasteiger partial charge in [-0.3, -0.25) is 4.79 Å². The topological polar surface area (TPSA) is 94.4 Å². The number of nitrogens with one attached hydrogen (secondary N) is 2. The summed E-state index contributed by atoms with van der Waals surface area (Å²) in [5.74, 6) is 0.468. The lowest BCUT2D eigenvalue weighted by atomic mass is 9.85. The number of rotatable bonds is 2. The number of amides is 1. The summed E-state index contributed by atoms with van der Waals surface area (Å²) in [4.78, 5) is 12.6. The number of aliphatic hydroxyl groups is 1. The van der Waals surface area contributed by atoms with E-state index in [0.717, 1.165) is 25.8 Å². The fraction of sp³-hybridized carbons (Fsp3) is 0.556. The van der Waals surface area contributed by atoms with Gasteiger partial charge in [-0.05, 0) is 51.4 Å². The molecule has 1 fully saturated rings. The first kappa shape index (κ1) is 16.7. The number of hydrogen-bond donors (Lipinski definition) is 3. The summed E-state index contributed by atoms with van der Waals surface area (Å²) in [5, 5.41) is 26.0. The Balaban J connectivity index is 1.90. The Morgan fingerprint density at radius 2 is 2.25 bits per heavy atom. The third-order valence-corrected chi connectivity index (χ3v) is 4.80. The van der Waals surface area contributed by atoms with Crippen molar-refractivity contribution in [2.75, 3.05) is 6.54 Å². The highest BCUT2D eigenvalue weighted by atomic mass is 16.5. The first-order chi connectivity index (χ1) is 11.4. The van der Waals surface area contributed by atoms with Crippen molar-refractivity contribution in [3.63, 3.8) is 0 Å². The van der Waals surface area contributed by atoms with Gasteiger partial charge in [0.2, 0.25) is 5.91 Å². The summed E-state index contributed by atoms with van der Waals surface area (Å²) in [6, 6.07) is 6.32. The van der Waals surface area contributed by atoms with Crippen LogP contribution in [0.15, 0.2) is 18.2 Å². The van der Waals surface area contributed by atoms with Gasteiger partial charge in [-0.25, -0.2) is 0 Å². The van der Waals surface area contributed by atoms with Crippen LogP contribution in [-0.4, -0.2) is 35.3 Å². The van der Waals surface area contributed by atoms with Crippen molar-refractivity contribution >= 4 is 5.91 Å². The van der Waals surface area contributed by atoms with E-state index in [4.69, 9.17) is 10.00 Å². The van der Waals surface area contributed by atoms with E-state index in [0.29, 0.717) is 16.9 Å². The molecule has 3 atom stereocenters. The van der Waals surface area contributed by atoms with Crippen LogP contribution in [-0.2, 0) is 4.79 Å². The number of nitriles is 1. The normalized spacial score (nSPS) is 28.2. The number of carbonyl (C=O) groups is 1. The molecule has 2 aliphatic rings. The smallest absolute Gasteiger partial charge is 0.237 e. The van der Waals surface area contributed by atoms with E-state index < -0.39 is 17.7 Å². The molecule has 0 saturated carbocycles. The van der Waals surface area contributed by atoms with Crippen LogP contribution in [0.5, 0.6) is 5.75 Å². The number of fused-ring (bicyclic) bond motifs is 1. The minimum atomic E-state index is -0.911. The lowest BCUT2D eigenvalue weighted by Crippen LogP contribution is -2.56. The van der Waals surface area contributed by atoms with Crippen LogP contribution in [0, 0.1) is 11.3 Å². The van der Waals surface area contributed by atoms with Gasteiger partial charge in [0.05, 0.1) is 23.7 Å². The average Bonchev–Trinajstić information content (AvgIpc) is 2.59. The van der Waals surface area contributed by atoms with E-state index in [1.807, 2.05) is 0 Å². The fourth-order valence-corrected chi connectivity index (χ4v) is 3.36. The van der Waals surface area contributed by atoms with E-state index in [1.165, 1.54) is 0 Å². The number of hydrogen-bond acceptors (Lipinski definition) is 5. The zero-order chi connectivity index (χ0) is 17.3. The highest BCUT2D eigenvalue weighted by molar-refractivity contribution is 5.82. The third kappa shape index (κ3) is 3.10. The molecular weight excluding hydrogens is 306 g/mol. The second-order valence-electron chi connectivity index (χ2n) is 7.00. The monoisotopic (exact) mass is 329 g/mol. The first-order valence-electron chi connectivity index (χ1n) is 8.37. The molecule has 0 bridgehead atoms. The number of benzene rings is 1. The largest absolute Gasteiger partial charge is 0.485 e. The van der Waals surface area contributed by atoms with Gasteiger partial charge in [0.1, 0.15) is 17.5 Å². The molecule has 6 heteroatoms. The molecule has 3 N–H and O–H groups in total. The van der Waals surface area contributed by atoms with E-state index >= 15 is 0 Å². The minimum Gasteiger partial charge on any atom is -0.485 e. The summed E-state index contributed by atoms with van der Waals surface area (Å²) < 4.78 is 5.86. The number of aliphatic hydroxyl groups excluding tert-OH is 1. The highest BCUT2D eigenvalue weighted by Crippen LogP contribution is 2.40. The summed E-state index contributed by atoms with van der Waals surface area (Å²) in [5.41, 5.74) is 0.281. The van der Waals surface area contributed by atoms with Gasteiger partial charge in [0, 0.05) is 5.56 Å². The molecule has 0 aromatic heterocycles. The fourth-order valence-electron chi connectivity index (χ4n) is 3.36. The molecule has 0 radical (unpaired) electrons. The molecule has 3 unspecified atom stereocenters. The van der Waals surface area contributed by atoms with Gasteiger partial charge in [-0.2, -0.15) is 5.26 Å². The predicted octanol–water partition coefficient (Wildman–Crippen LogP) is 1.39. The second kappa shape index (κ2) is 6.42. The summed E-state index contributed by atoms with van der Waals surface area (Å²) in [6.45, 7) is 4.41. The van der Waals surface area contributed by atoms with Crippen molar-refractivity contribution in [2.24, 2.45) is 0 Å². The Morgan fingerprint density at radius 3 is 2.92 bits per heavy atom. The number of carbonyl (C=O) groups excluding carboxylic acids is 1. The van der Waals surface area contributed by atoms with Crippen LogP contribution in [0.2, 0.25) is 0 Å². The highest BCUT2D eigenvalue weighted by Gasteiger charge is 2.44. The maximum atomic E-state index is 12.6. The first-order valence-corrected chi connectivity index (χ1v) is 8.37. The van der Waals surface area contributed by atoms with Gasteiger partial charge in [-0.15, -0.1) is 0 Å². The third-order valence-electron chi connectivity index (χ3n) is 4.80. The summed E-state index contributed by atoms with van der Waals surface area (Å²) in [6.07, 6.45) is 1.97. The van der Waals surface area contributed by atoms with Gasteiger partial charge in [0.25, 0.3) is 0 Å². The Kier molecular flexibility index (Phi) is 4.48. The van der Waals surface area contributed by atoms with Gasteiger partial charge in [0.15, 0.2) is 0 Å². The van der Waals surface area contributed by atoms with Gasteiger partial charge >= 0.3 is 0 Å². The standard InChI is InChI=1S/C18H23N3O3/c1-18(2)16(22)15(21-17(23)13-5-3-4-8-20-13)12-9-11(10-19)6-7-14(12)24-18/h6-7,9,13,15-16,20,22H,3-5,8H2,1-2H3,(H,21,23). The molecule has 6 nitrogen and oxygen atoms in total. The van der Waals surface area contributed by atoms with E-state index in [-0.39, 0.29) is 11.9 Å². The zero-order valence-corrected chi connectivity index (χ0v) is 14.0. The van der Waals surface area contributed by atoms with E-state index in [1.54, 1.807) is 32.0 Å². The van der Waals surface area contributed by atoms with Gasteiger partial charge in [-0.1, -0.05) is 6.42 Å². The summed E-state index contributed by atoms with van der Waals surface area (Å²) >= 11 is 0. The van der Waals surface area contributed by atoms with Crippen molar-refractivity contribution in [2.45, 2.75) is 56.9 Å². The number of nitrogens with zero attached hydrogens (tertiary/aromatic N) is 1. The van der Waals surface area contributed by atoms with Crippen LogP contribution in [0.4, 0.5) is 0 Å². The molecule has 1 aromatic carbocycles. The van der Waals surface area contributed by atoms with Crippen LogP contribution in [0.25, 0.3) is 0 Å². The quantitative estimate of drug-likeness (QED) is 0.762. The van der Waals surface area contributed by atoms with Crippen molar-refractivity contribution in [3.05, 3.63) is 29.3 Å². The summed E-state index contributed by atoms with van der Waals surface area (Å²) in [7, 11) is 0. The SMILES string of the molecule is CC1(C)Oc2ccc(C#N)cc2C(NC(=O)C2CCCCN2)C1O. The van der Waals surface area contributed by atoms with Gasteiger partial charge < -0.3 is 20.5 Å². The minimum absolute atomic E-state index is 0.121. The number of ether oxygens (including phenoxy) is 1. The van der Waals surface area contributed by atoms with Crippen LogP contribution < -0.4 is 15.4 Å². The predicted molar refractivity (Wildman–Crippen MR) is 88.4 cm³/mol. The number of piperidine rings is 1.